The van der Waals surface area contributed by atoms with E-state index in [-0.39, 0.29) is 17.5 Å². The third-order valence-electron chi connectivity index (χ3n) is 6.99. The van der Waals surface area contributed by atoms with Crippen molar-refractivity contribution in [1.82, 2.24) is 15.5 Å². The van der Waals surface area contributed by atoms with Crippen molar-refractivity contribution in [2.75, 3.05) is 39.4 Å². The number of amides is 1. The van der Waals surface area contributed by atoms with Crippen molar-refractivity contribution in [3.8, 4) is 0 Å². The molecule has 2 atom stereocenters. The van der Waals surface area contributed by atoms with Crippen molar-refractivity contribution in [2.45, 2.75) is 70.4 Å². The number of hydrogen-bond donors (Lipinski definition) is 2. The van der Waals surface area contributed by atoms with Crippen molar-refractivity contribution in [2.24, 2.45) is 11.8 Å². The van der Waals surface area contributed by atoms with Gasteiger partial charge in [-0.25, -0.2) is 0 Å². The van der Waals surface area contributed by atoms with Gasteiger partial charge in [0.05, 0.1) is 13.2 Å². The number of hydrogen-bond acceptors (Lipinski definition) is 4. The van der Waals surface area contributed by atoms with Gasteiger partial charge in [0.2, 0.25) is 5.91 Å². The standard InChI is InChI=1S/C20H37N3O2/c1-16(18-5-9-21-10-6-18)15-19(24)22-17(2)20(7-3-4-8-20)23-11-13-25-14-12-23/h16-18,21H,3-15H2,1-2H3,(H,22,24). The van der Waals surface area contributed by atoms with Gasteiger partial charge in [0.15, 0.2) is 0 Å². The summed E-state index contributed by atoms with van der Waals surface area (Å²) in [6.45, 7) is 10.4. The predicted octanol–water partition coefficient (Wildman–Crippen LogP) is 2.16. The number of rotatable bonds is 6. The molecule has 2 aliphatic heterocycles. The fourth-order valence-electron chi connectivity index (χ4n) is 5.33. The Bertz CT molecular complexity index is 425. The molecular weight excluding hydrogens is 314 g/mol. The first-order chi connectivity index (χ1) is 12.1. The van der Waals surface area contributed by atoms with E-state index in [1.807, 2.05) is 0 Å². The van der Waals surface area contributed by atoms with E-state index in [2.05, 4.69) is 29.4 Å². The number of piperidine rings is 1. The molecule has 1 amide bonds. The summed E-state index contributed by atoms with van der Waals surface area (Å²) >= 11 is 0. The molecule has 0 radical (unpaired) electrons. The van der Waals surface area contributed by atoms with Crippen molar-refractivity contribution in [3.63, 3.8) is 0 Å². The molecule has 2 N–H and O–H groups in total. The molecule has 0 aromatic carbocycles. The highest BCUT2D eigenvalue weighted by atomic mass is 16.5. The van der Waals surface area contributed by atoms with E-state index in [9.17, 15) is 4.79 Å². The highest BCUT2D eigenvalue weighted by Crippen LogP contribution is 2.38. The SMILES string of the molecule is CC(CC(=O)NC(C)C1(N2CCOCC2)CCCC1)C1CCNCC1. The molecule has 5 nitrogen and oxygen atoms in total. The monoisotopic (exact) mass is 351 g/mol. The van der Waals surface area contributed by atoms with Gasteiger partial charge in [-0.15, -0.1) is 0 Å². The molecule has 3 fully saturated rings. The first kappa shape index (κ1) is 19.1. The lowest BCUT2D eigenvalue weighted by Crippen LogP contribution is -2.62. The summed E-state index contributed by atoms with van der Waals surface area (Å²) in [6, 6.07) is 0.223. The molecular formula is C20H37N3O2. The first-order valence-electron chi connectivity index (χ1n) is 10.4. The van der Waals surface area contributed by atoms with Crippen molar-refractivity contribution >= 4 is 5.91 Å². The van der Waals surface area contributed by atoms with Crippen LogP contribution in [0.3, 0.4) is 0 Å². The normalized spacial score (nSPS) is 27.8. The average molecular weight is 352 g/mol. The Morgan fingerprint density at radius 3 is 2.48 bits per heavy atom. The second kappa shape index (κ2) is 8.83. The minimum absolute atomic E-state index is 0.150. The van der Waals surface area contributed by atoms with E-state index in [0.29, 0.717) is 18.3 Å². The van der Waals surface area contributed by atoms with E-state index in [1.165, 1.54) is 38.5 Å². The van der Waals surface area contributed by atoms with Gasteiger partial charge in [0.25, 0.3) is 0 Å². The van der Waals surface area contributed by atoms with Crippen LogP contribution in [0.2, 0.25) is 0 Å². The summed E-state index contributed by atoms with van der Waals surface area (Å²) < 4.78 is 5.55. The second-order valence-electron chi connectivity index (χ2n) is 8.47. The van der Waals surface area contributed by atoms with E-state index < -0.39 is 0 Å². The molecule has 2 heterocycles. The maximum Gasteiger partial charge on any atom is 0.220 e. The van der Waals surface area contributed by atoms with Gasteiger partial charge in [-0.2, -0.15) is 0 Å². The first-order valence-corrected chi connectivity index (χ1v) is 10.4. The van der Waals surface area contributed by atoms with Crippen LogP contribution in [0.4, 0.5) is 0 Å². The highest BCUT2D eigenvalue weighted by Gasteiger charge is 2.45. The number of ether oxygens (including phenoxy) is 1. The van der Waals surface area contributed by atoms with Gasteiger partial charge in [0.1, 0.15) is 0 Å². The van der Waals surface area contributed by atoms with Crippen LogP contribution in [0.15, 0.2) is 0 Å². The number of morpholine rings is 1. The zero-order valence-corrected chi connectivity index (χ0v) is 16.2. The number of nitrogens with zero attached hydrogens (tertiary/aromatic N) is 1. The fraction of sp³-hybridized carbons (Fsp3) is 0.950. The summed E-state index contributed by atoms with van der Waals surface area (Å²) in [5, 5.41) is 6.81. The Morgan fingerprint density at radius 2 is 1.84 bits per heavy atom. The molecule has 2 saturated heterocycles. The maximum atomic E-state index is 12.7. The molecule has 5 heteroatoms. The number of nitrogens with one attached hydrogen (secondary N) is 2. The molecule has 0 aromatic rings. The van der Waals surface area contributed by atoms with Crippen LogP contribution in [0, 0.1) is 11.8 Å². The van der Waals surface area contributed by atoms with Crippen LogP contribution < -0.4 is 10.6 Å². The van der Waals surface area contributed by atoms with Crippen LogP contribution in [0.5, 0.6) is 0 Å². The molecule has 2 unspecified atom stereocenters. The lowest BCUT2D eigenvalue weighted by atomic mass is 9.83. The van der Waals surface area contributed by atoms with Crippen LogP contribution in [-0.4, -0.2) is 61.8 Å². The lowest BCUT2D eigenvalue weighted by molar-refractivity contribution is -0.124. The van der Waals surface area contributed by atoms with Crippen LogP contribution in [-0.2, 0) is 9.53 Å². The van der Waals surface area contributed by atoms with E-state index in [1.54, 1.807) is 0 Å². The van der Waals surface area contributed by atoms with Gasteiger partial charge in [-0.3, -0.25) is 9.69 Å². The quantitative estimate of drug-likeness (QED) is 0.770. The maximum absolute atomic E-state index is 12.7. The smallest absolute Gasteiger partial charge is 0.220 e. The van der Waals surface area contributed by atoms with Gasteiger partial charge >= 0.3 is 0 Å². The highest BCUT2D eigenvalue weighted by molar-refractivity contribution is 5.76. The minimum atomic E-state index is 0.150. The van der Waals surface area contributed by atoms with Crippen LogP contribution >= 0.6 is 0 Å². The summed E-state index contributed by atoms with van der Waals surface area (Å²) in [5.74, 6) is 1.43. The molecule has 25 heavy (non-hydrogen) atoms. The van der Waals surface area contributed by atoms with Crippen LogP contribution in [0.25, 0.3) is 0 Å². The summed E-state index contributed by atoms with van der Waals surface area (Å²) in [5.41, 5.74) is 0.150. The molecule has 1 saturated carbocycles. The Balaban J connectivity index is 1.55. The van der Waals surface area contributed by atoms with E-state index >= 15 is 0 Å². The molecule has 1 aliphatic carbocycles. The van der Waals surface area contributed by atoms with E-state index in [4.69, 9.17) is 4.74 Å². The topological polar surface area (TPSA) is 53.6 Å². The van der Waals surface area contributed by atoms with E-state index in [0.717, 1.165) is 39.4 Å². The molecule has 0 aromatic heterocycles. The fourth-order valence-corrected chi connectivity index (χ4v) is 5.33. The Kier molecular flexibility index (Phi) is 6.75. The zero-order chi connectivity index (χ0) is 17.7. The predicted molar refractivity (Wildman–Crippen MR) is 101 cm³/mol. The van der Waals surface area contributed by atoms with Crippen LogP contribution in [0.1, 0.15) is 58.8 Å². The minimum Gasteiger partial charge on any atom is -0.379 e. The van der Waals surface area contributed by atoms with Crippen molar-refractivity contribution < 1.29 is 9.53 Å². The Labute approximate surface area is 153 Å². The molecule has 144 valence electrons. The summed E-state index contributed by atoms with van der Waals surface area (Å²) in [6.07, 6.45) is 8.07. The second-order valence-corrected chi connectivity index (χ2v) is 8.47. The third kappa shape index (κ3) is 4.55. The molecule has 0 bridgehead atoms. The number of carbonyl (C=O) groups is 1. The largest absolute Gasteiger partial charge is 0.379 e. The van der Waals surface area contributed by atoms with Crippen molar-refractivity contribution in [3.05, 3.63) is 0 Å². The molecule has 3 aliphatic rings. The third-order valence-corrected chi connectivity index (χ3v) is 6.99. The van der Waals surface area contributed by atoms with Gasteiger partial charge < -0.3 is 15.4 Å². The van der Waals surface area contributed by atoms with Gasteiger partial charge in [-0.1, -0.05) is 19.8 Å². The lowest BCUT2D eigenvalue weighted by Gasteiger charge is -2.47. The average Bonchev–Trinajstić information content (AvgIpc) is 3.14. The number of carbonyl (C=O) groups excluding carboxylic acids is 1. The summed E-state index contributed by atoms with van der Waals surface area (Å²) in [7, 11) is 0. The summed E-state index contributed by atoms with van der Waals surface area (Å²) in [4.78, 5) is 15.3. The zero-order valence-electron chi connectivity index (χ0n) is 16.2. The Hall–Kier alpha value is -0.650. The van der Waals surface area contributed by atoms with Crippen molar-refractivity contribution in [1.29, 1.82) is 0 Å². The molecule has 3 rings (SSSR count). The Morgan fingerprint density at radius 1 is 1.20 bits per heavy atom. The molecule has 0 spiro atoms. The van der Waals surface area contributed by atoms with Gasteiger partial charge in [-0.05, 0) is 57.5 Å². The van der Waals surface area contributed by atoms with Gasteiger partial charge in [0, 0.05) is 31.1 Å².